The van der Waals surface area contributed by atoms with E-state index in [2.05, 4.69) is 4.90 Å². The summed E-state index contributed by atoms with van der Waals surface area (Å²) in [7, 11) is -0.663. The normalized spacial score (nSPS) is 19.2. The van der Waals surface area contributed by atoms with E-state index in [9.17, 15) is 9.00 Å². The monoisotopic (exact) mass is 243 g/mol. The van der Waals surface area contributed by atoms with Crippen molar-refractivity contribution in [3.05, 3.63) is 22.4 Å². The smallest absolute Gasteiger partial charge is 0.186 e. The lowest BCUT2D eigenvalue weighted by atomic mass is 10.3. The third-order valence-electron chi connectivity index (χ3n) is 2.43. The lowest BCUT2D eigenvalue weighted by molar-refractivity contribution is 0.0940. The Kier molecular flexibility index (Phi) is 3.66. The molecule has 1 aromatic heterocycles. The SMILES string of the molecule is O=C(CN1CCS(=O)CC1)c1cccs1. The van der Waals surface area contributed by atoms with Crippen LogP contribution in [0.15, 0.2) is 17.5 Å². The average molecular weight is 243 g/mol. The molecule has 3 nitrogen and oxygen atoms in total. The summed E-state index contributed by atoms with van der Waals surface area (Å²) in [6, 6.07) is 3.75. The standard InChI is InChI=1S/C10H13NO2S2/c12-9(10-2-1-5-14-10)8-11-3-6-15(13)7-4-11/h1-2,5H,3-4,6-8H2. The number of rotatable bonds is 3. The predicted molar refractivity (Wildman–Crippen MR) is 63.0 cm³/mol. The molecule has 0 aliphatic carbocycles. The number of carbonyl (C=O) groups is 1. The number of hydrogen-bond donors (Lipinski definition) is 0. The summed E-state index contributed by atoms with van der Waals surface area (Å²) >= 11 is 1.48. The molecule has 1 fully saturated rings. The minimum atomic E-state index is -0.663. The topological polar surface area (TPSA) is 37.4 Å². The molecule has 0 radical (unpaired) electrons. The Balaban J connectivity index is 1.87. The Hall–Kier alpha value is -0.520. The summed E-state index contributed by atoms with van der Waals surface area (Å²) in [5.41, 5.74) is 0. The van der Waals surface area contributed by atoms with Gasteiger partial charge in [-0.1, -0.05) is 6.07 Å². The average Bonchev–Trinajstić information content (AvgIpc) is 2.74. The van der Waals surface area contributed by atoms with Crippen molar-refractivity contribution >= 4 is 27.9 Å². The van der Waals surface area contributed by atoms with E-state index in [-0.39, 0.29) is 5.78 Å². The van der Waals surface area contributed by atoms with Crippen molar-refractivity contribution in [2.75, 3.05) is 31.1 Å². The van der Waals surface area contributed by atoms with E-state index in [1.807, 2.05) is 17.5 Å². The first-order chi connectivity index (χ1) is 7.25. The van der Waals surface area contributed by atoms with Crippen molar-refractivity contribution in [3.8, 4) is 0 Å². The van der Waals surface area contributed by atoms with E-state index in [0.29, 0.717) is 18.1 Å². The highest BCUT2D eigenvalue weighted by atomic mass is 32.2. The lowest BCUT2D eigenvalue weighted by Crippen LogP contribution is -2.40. The predicted octanol–water partition coefficient (Wildman–Crippen LogP) is 0.995. The summed E-state index contributed by atoms with van der Waals surface area (Å²) in [5.74, 6) is 1.59. The van der Waals surface area contributed by atoms with Crippen molar-refractivity contribution in [2.24, 2.45) is 0 Å². The minimum absolute atomic E-state index is 0.178. The second-order valence-corrected chi connectivity index (χ2v) is 6.17. The fourth-order valence-corrected chi connectivity index (χ4v) is 3.34. The van der Waals surface area contributed by atoms with Gasteiger partial charge < -0.3 is 0 Å². The van der Waals surface area contributed by atoms with Crippen LogP contribution in [0.25, 0.3) is 0 Å². The second kappa shape index (κ2) is 5.01. The molecular formula is C10H13NO2S2. The molecule has 2 rings (SSSR count). The molecule has 1 aliphatic heterocycles. The van der Waals surface area contributed by atoms with Crippen LogP contribution in [-0.2, 0) is 10.8 Å². The number of thiophene rings is 1. The van der Waals surface area contributed by atoms with Gasteiger partial charge in [0.2, 0.25) is 0 Å². The molecule has 0 bridgehead atoms. The number of Topliss-reactive ketones (excluding diaryl/α,β-unsaturated/α-hetero) is 1. The maximum absolute atomic E-state index is 11.7. The third kappa shape index (κ3) is 2.96. The molecule has 15 heavy (non-hydrogen) atoms. The Bertz CT molecular complexity index is 352. The summed E-state index contributed by atoms with van der Waals surface area (Å²) in [5, 5.41) is 1.92. The molecule has 0 amide bonds. The molecule has 0 saturated carbocycles. The molecule has 0 spiro atoms. The highest BCUT2D eigenvalue weighted by molar-refractivity contribution is 7.85. The van der Waals surface area contributed by atoms with Crippen LogP contribution in [0, 0.1) is 0 Å². The Labute approximate surface area is 95.6 Å². The van der Waals surface area contributed by atoms with E-state index in [0.717, 1.165) is 18.0 Å². The molecule has 1 aromatic rings. The van der Waals surface area contributed by atoms with Crippen molar-refractivity contribution in [2.45, 2.75) is 0 Å². The van der Waals surface area contributed by atoms with Crippen molar-refractivity contribution in [1.82, 2.24) is 4.90 Å². The summed E-state index contributed by atoms with van der Waals surface area (Å²) in [6.07, 6.45) is 0. The Morgan fingerprint density at radius 1 is 1.47 bits per heavy atom. The van der Waals surface area contributed by atoms with Crippen LogP contribution in [0.5, 0.6) is 0 Å². The van der Waals surface area contributed by atoms with Crippen LogP contribution in [0.2, 0.25) is 0 Å². The zero-order chi connectivity index (χ0) is 10.7. The van der Waals surface area contributed by atoms with Crippen LogP contribution in [0.3, 0.4) is 0 Å². The van der Waals surface area contributed by atoms with Gasteiger partial charge in [0.25, 0.3) is 0 Å². The molecule has 1 saturated heterocycles. The molecule has 0 unspecified atom stereocenters. The summed E-state index contributed by atoms with van der Waals surface area (Å²) < 4.78 is 11.1. The zero-order valence-corrected chi connectivity index (χ0v) is 9.98. The molecule has 2 heterocycles. The molecular weight excluding hydrogens is 230 g/mol. The van der Waals surface area contributed by atoms with Crippen LogP contribution in [-0.4, -0.2) is 46.0 Å². The van der Waals surface area contributed by atoms with Gasteiger partial charge in [0.1, 0.15) is 0 Å². The number of nitrogens with zero attached hydrogens (tertiary/aromatic N) is 1. The molecule has 5 heteroatoms. The highest BCUT2D eigenvalue weighted by Crippen LogP contribution is 2.10. The fourth-order valence-electron chi connectivity index (χ4n) is 1.55. The van der Waals surface area contributed by atoms with Gasteiger partial charge in [0, 0.05) is 35.4 Å². The van der Waals surface area contributed by atoms with Crippen LogP contribution >= 0.6 is 11.3 Å². The van der Waals surface area contributed by atoms with E-state index in [1.165, 1.54) is 11.3 Å². The fraction of sp³-hybridized carbons (Fsp3) is 0.500. The zero-order valence-electron chi connectivity index (χ0n) is 8.35. The van der Waals surface area contributed by atoms with Gasteiger partial charge in [0.15, 0.2) is 5.78 Å². The quantitative estimate of drug-likeness (QED) is 0.743. The molecule has 1 aliphatic rings. The van der Waals surface area contributed by atoms with E-state index in [1.54, 1.807) is 0 Å². The second-order valence-electron chi connectivity index (χ2n) is 3.52. The Morgan fingerprint density at radius 3 is 2.80 bits per heavy atom. The van der Waals surface area contributed by atoms with Crippen LogP contribution in [0.4, 0.5) is 0 Å². The number of hydrogen-bond acceptors (Lipinski definition) is 4. The van der Waals surface area contributed by atoms with Gasteiger partial charge in [-0.25, -0.2) is 0 Å². The van der Waals surface area contributed by atoms with Gasteiger partial charge in [0.05, 0.1) is 11.4 Å². The lowest BCUT2D eigenvalue weighted by Gasteiger charge is -2.24. The summed E-state index contributed by atoms with van der Waals surface area (Å²) in [6.45, 7) is 2.03. The van der Waals surface area contributed by atoms with E-state index >= 15 is 0 Å². The van der Waals surface area contributed by atoms with Gasteiger partial charge in [-0.05, 0) is 11.4 Å². The molecule has 0 aromatic carbocycles. The first-order valence-corrected chi connectivity index (χ1v) is 7.26. The Morgan fingerprint density at radius 2 is 2.20 bits per heavy atom. The largest absolute Gasteiger partial charge is 0.294 e. The van der Waals surface area contributed by atoms with Gasteiger partial charge in [-0.3, -0.25) is 13.9 Å². The molecule has 0 atom stereocenters. The van der Waals surface area contributed by atoms with Gasteiger partial charge in [-0.2, -0.15) is 0 Å². The molecule has 82 valence electrons. The van der Waals surface area contributed by atoms with Crippen LogP contribution in [0.1, 0.15) is 9.67 Å². The first kappa shape index (κ1) is 11.0. The number of ketones is 1. The van der Waals surface area contributed by atoms with Crippen molar-refractivity contribution in [1.29, 1.82) is 0 Å². The van der Waals surface area contributed by atoms with Gasteiger partial charge in [-0.15, -0.1) is 11.3 Å². The maximum Gasteiger partial charge on any atom is 0.186 e. The van der Waals surface area contributed by atoms with Gasteiger partial charge >= 0.3 is 0 Å². The van der Waals surface area contributed by atoms with Crippen molar-refractivity contribution < 1.29 is 9.00 Å². The van der Waals surface area contributed by atoms with E-state index < -0.39 is 10.8 Å². The third-order valence-corrected chi connectivity index (χ3v) is 4.62. The van der Waals surface area contributed by atoms with E-state index in [4.69, 9.17) is 0 Å². The van der Waals surface area contributed by atoms with Crippen LogP contribution < -0.4 is 0 Å². The highest BCUT2D eigenvalue weighted by Gasteiger charge is 2.18. The summed E-state index contributed by atoms with van der Waals surface area (Å²) in [4.78, 5) is 14.7. The van der Waals surface area contributed by atoms with Crippen molar-refractivity contribution in [3.63, 3.8) is 0 Å². The number of carbonyl (C=O) groups excluding carboxylic acids is 1. The molecule has 0 N–H and O–H groups in total. The minimum Gasteiger partial charge on any atom is -0.294 e. The first-order valence-electron chi connectivity index (χ1n) is 4.90. The maximum atomic E-state index is 11.7.